The van der Waals surface area contributed by atoms with Crippen LogP contribution in [0.3, 0.4) is 0 Å². The van der Waals surface area contributed by atoms with Crippen molar-refractivity contribution in [1.29, 1.82) is 0 Å². The molecule has 0 spiro atoms. The third kappa shape index (κ3) is 4.30. The Balaban J connectivity index is 1.41. The lowest BCUT2D eigenvalue weighted by molar-refractivity contribution is 0.0730. The maximum absolute atomic E-state index is 13.2. The van der Waals surface area contributed by atoms with Gasteiger partial charge >= 0.3 is 0 Å². The summed E-state index contributed by atoms with van der Waals surface area (Å²) in [4.78, 5) is 18.2. The van der Waals surface area contributed by atoms with Crippen LogP contribution in [0.15, 0.2) is 46.5 Å². The standard InChI is InChI=1S/C25H29N3O4S2/c1-3-28-23-10-9-21(34(30,31)27-11-13-32-14-12-27)16-22(23)26-25(28)33-17(2)24(29)20-8-7-18-5-4-6-19(18)15-20/h7-10,15-17H,3-6,11-14H2,1-2H3. The van der Waals surface area contributed by atoms with Crippen LogP contribution in [-0.2, 0) is 34.1 Å². The van der Waals surface area contributed by atoms with E-state index in [1.165, 1.54) is 27.2 Å². The Kier molecular flexibility index (Phi) is 6.54. The Bertz CT molecular complexity index is 1340. The number of rotatable bonds is 7. The quantitative estimate of drug-likeness (QED) is 0.362. The number of morpholine rings is 1. The number of ether oxygens (including phenoxy) is 1. The van der Waals surface area contributed by atoms with Crippen LogP contribution < -0.4 is 0 Å². The van der Waals surface area contributed by atoms with Crippen LogP contribution in [-0.4, -0.2) is 59.6 Å². The average Bonchev–Trinajstić information content (AvgIpc) is 3.46. The zero-order chi connectivity index (χ0) is 23.9. The first-order chi connectivity index (χ1) is 16.4. The number of aromatic nitrogens is 2. The number of carbonyl (C=O) groups is 1. The highest BCUT2D eigenvalue weighted by Gasteiger charge is 2.28. The maximum atomic E-state index is 13.2. The number of aryl methyl sites for hydroxylation is 3. The van der Waals surface area contributed by atoms with Gasteiger partial charge in [0.25, 0.3) is 0 Å². The topological polar surface area (TPSA) is 81.5 Å². The largest absolute Gasteiger partial charge is 0.379 e. The number of nitrogens with zero attached hydrogens (tertiary/aromatic N) is 3. The van der Waals surface area contributed by atoms with Crippen molar-refractivity contribution in [3.63, 3.8) is 0 Å². The van der Waals surface area contributed by atoms with Crippen LogP contribution in [0.25, 0.3) is 11.0 Å². The summed E-state index contributed by atoms with van der Waals surface area (Å²) in [6.45, 7) is 6.13. The average molecular weight is 500 g/mol. The van der Waals surface area contributed by atoms with Gasteiger partial charge in [0, 0.05) is 25.2 Å². The molecule has 1 aliphatic heterocycles. The molecule has 2 aromatic carbocycles. The molecule has 2 heterocycles. The van der Waals surface area contributed by atoms with E-state index < -0.39 is 10.0 Å². The second-order valence-electron chi connectivity index (χ2n) is 8.77. The lowest BCUT2D eigenvalue weighted by Crippen LogP contribution is -2.40. The van der Waals surface area contributed by atoms with Gasteiger partial charge in [-0.3, -0.25) is 4.79 Å². The fourth-order valence-corrected chi connectivity index (χ4v) is 7.24. The van der Waals surface area contributed by atoms with Crippen LogP contribution in [0.1, 0.15) is 41.8 Å². The Labute approximate surface area is 204 Å². The number of hydrogen-bond donors (Lipinski definition) is 0. The molecule has 0 amide bonds. The highest BCUT2D eigenvalue weighted by molar-refractivity contribution is 8.00. The van der Waals surface area contributed by atoms with Crippen LogP contribution >= 0.6 is 11.8 Å². The predicted octanol–water partition coefficient (Wildman–Crippen LogP) is 3.93. The molecule has 0 N–H and O–H groups in total. The smallest absolute Gasteiger partial charge is 0.243 e. The minimum atomic E-state index is -3.60. The van der Waals surface area contributed by atoms with Gasteiger partial charge in [0.2, 0.25) is 10.0 Å². The molecule has 5 rings (SSSR count). The van der Waals surface area contributed by atoms with Crippen molar-refractivity contribution in [3.05, 3.63) is 53.1 Å². The Morgan fingerprint density at radius 3 is 2.65 bits per heavy atom. The van der Waals surface area contributed by atoms with Gasteiger partial charge in [-0.25, -0.2) is 13.4 Å². The number of imidazole rings is 1. The summed E-state index contributed by atoms with van der Waals surface area (Å²) in [5.74, 6) is 0.0880. The summed E-state index contributed by atoms with van der Waals surface area (Å²) in [6, 6.07) is 11.2. The molecule has 0 bridgehead atoms. The lowest BCUT2D eigenvalue weighted by atomic mass is 10.0. The van der Waals surface area contributed by atoms with E-state index in [1.807, 2.05) is 36.6 Å². The first kappa shape index (κ1) is 23.5. The molecule has 0 saturated carbocycles. The van der Waals surface area contributed by atoms with Gasteiger partial charge in [-0.15, -0.1) is 0 Å². The number of ketones is 1. The summed E-state index contributed by atoms with van der Waals surface area (Å²) in [7, 11) is -3.60. The van der Waals surface area contributed by atoms with Crippen molar-refractivity contribution in [3.8, 4) is 0 Å². The van der Waals surface area contributed by atoms with E-state index in [9.17, 15) is 13.2 Å². The van der Waals surface area contributed by atoms with Crippen molar-refractivity contribution in [1.82, 2.24) is 13.9 Å². The second kappa shape index (κ2) is 9.45. The zero-order valence-corrected chi connectivity index (χ0v) is 21.1. The molecule has 1 saturated heterocycles. The zero-order valence-electron chi connectivity index (χ0n) is 19.5. The minimum Gasteiger partial charge on any atom is -0.379 e. The van der Waals surface area contributed by atoms with Gasteiger partial charge in [0.15, 0.2) is 10.9 Å². The molecule has 2 aliphatic rings. The van der Waals surface area contributed by atoms with Gasteiger partial charge in [-0.2, -0.15) is 4.31 Å². The first-order valence-corrected chi connectivity index (χ1v) is 14.1. The van der Waals surface area contributed by atoms with Crippen molar-refractivity contribution >= 4 is 38.6 Å². The number of Topliss-reactive ketones (excluding diaryl/α,β-unsaturated/α-hetero) is 1. The van der Waals surface area contributed by atoms with Crippen LogP contribution in [0.5, 0.6) is 0 Å². The highest BCUT2D eigenvalue weighted by Crippen LogP contribution is 2.31. The van der Waals surface area contributed by atoms with Crippen LogP contribution in [0.4, 0.5) is 0 Å². The maximum Gasteiger partial charge on any atom is 0.243 e. The highest BCUT2D eigenvalue weighted by atomic mass is 32.2. The SMILES string of the molecule is CCn1c(SC(C)C(=O)c2ccc3c(c2)CCC3)nc2cc(S(=O)(=O)N3CCOCC3)ccc21. The molecule has 9 heteroatoms. The van der Waals surface area contributed by atoms with E-state index in [4.69, 9.17) is 9.72 Å². The van der Waals surface area contributed by atoms with Crippen LogP contribution in [0.2, 0.25) is 0 Å². The summed E-state index contributed by atoms with van der Waals surface area (Å²) in [5.41, 5.74) is 4.88. The molecule has 1 fully saturated rings. The molecule has 3 aromatic rings. The second-order valence-corrected chi connectivity index (χ2v) is 12.0. The molecular weight excluding hydrogens is 470 g/mol. The number of carbonyl (C=O) groups excluding carboxylic acids is 1. The Morgan fingerprint density at radius 2 is 1.88 bits per heavy atom. The monoisotopic (exact) mass is 499 g/mol. The molecule has 1 unspecified atom stereocenters. The molecule has 1 aromatic heterocycles. The van der Waals surface area contributed by atoms with Crippen molar-refractivity contribution in [2.45, 2.75) is 55.0 Å². The van der Waals surface area contributed by atoms with Gasteiger partial charge in [0.1, 0.15) is 0 Å². The van der Waals surface area contributed by atoms with Gasteiger partial charge in [-0.1, -0.05) is 23.9 Å². The van der Waals surface area contributed by atoms with E-state index in [0.717, 1.165) is 35.5 Å². The van der Waals surface area contributed by atoms with E-state index in [2.05, 4.69) is 6.07 Å². The molecule has 1 aliphatic carbocycles. The summed E-state index contributed by atoms with van der Waals surface area (Å²) >= 11 is 1.42. The summed E-state index contributed by atoms with van der Waals surface area (Å²) in [6.07, 6.45) is 3.29. The van der Waals surface area contributed by atoms with E-state index >= 15 is 0 Å². The Hall–Kier alpha value is -2.20. The molecule has 1 atom stereocenters. The summed E-state index contributed by atoms with van der Waals surface area (Å²) in [5, 5.41) is 0.415. The number of hydrogen-bond acceptors (Lipinski definition) is 6. The molecule has 180 valence electrons. The predicted molar refractivity (Wildman–Crippen MR) is 133 cm³/mol. The van der Waals surface area contributed by atoms with Crippen LogP contribution in [0, 0.1) is 0 Å². The van der Waals surface area contributed by atoms with E-state index in [-0.39, 0.29) is 15.9 Å². The van der Waals surface area contributed by atoms with Gasteiger partial charge < -0.3 is 9.30 Å². The van der Waals surface area contributed by atoms with Crippen molar-refractivity contribution in [2.24, 2.45) is 0 Å². The first-order valence-electron chi connectivity index (χ1n) is 11.8. The number of thioether (sulfide) groups is 1. The fraction of sp³-hybridized carbons (Fsp3) is 0.440. The van der Waals surface area contributed by atoms with Crippen molar-refractivity contribution in [2.75, 3.05) is 26.3 Å². The molecule has 34 heavy (non-hydrogen) atoms. The van der Waals surface area contributed by atoms with Crippen molar-refractivity contribution < 1.29 is 17.9 Å². The van der Waals surface area contributed by atoms with E-state index in [1.54, 1.807) is 12.1 Å². The molecule has 0 radical (unpaired) electrons. The molecule has 7 nitrogen and oxygen atoms in total. The van der Waals surface area contributed by atoms with E-state index in [0.29, 0.717) is 38.4 Å². The lowest BCUT2D eigenvalue weighted by Gasteiger charge is -2.26. The number of benzene rings is 2. The minimum absolute atomic E-state index is 0.0880. The number of fused-ring (bicyclic) bond motifs is 2. The normalized spacial score (nSPS) is 17.7. The number of sulfonamides is 1. The fourth-order valence-electron chi connectivity index (χ4n) is 4.75. The Morgan fingerprint density at radius 1 is 1.12 bits per heavy atom. The third-order valence-corrected chi connectivity index (χ3v) is 9.63. The third-order valence-electron chi connectivity index (χ3n) is 6.64. The summed E-state index contributed by atoms with van der Waals surface area (Å²) < 4.78 is 35.0. The molecular formula is C25H29N3O4S2. The van der Waals surface area contributed by atoms with Gasteiger partial charge in [-0.05, 0) is 68.5 Å². The van der Waals surface area contributed by atoms with Gasteiger partial charge in [0.05, 0.1) is 34.4 Å².